The van der Waals surface area contributed by atoms with Crippen LogP contribution < -0.4 is 0 Å². The molecule has 6 heteroatoms. The van der Waals surface area contributed by atoms with Gasteiger partial charge in [0.1, 0.15) is 0 Å². The predicted octanol–water partition coefficient (Wildman–Crippen LogP) is 1.80. The molecule has 0 saturated carbocycles. The number of hydrogen-bond acceptors (Lipinski definition) is 4. The van der Waals surface area contributed by atoms with Gasteiger partial charge in [0.25, 0.3) is 0 Å². The summed E-state index contributed by atoms with van der Waals surface area (Å²) in [7, 11) is 0. The molecule has 1 aromatic heterocycles. The summed E-state index contributed by atoms with van der Waals surface area (Å²) >= 11 is 0. The van der Waals surface area contributed by atoms with E-state index in [0.717, 1.165) is 57.5 Å². The summed E-state index contributed by atoms with van der Waals surface area (Å²) in [6.45, 7) is 5.00. The molecular formula is C22H30N4O2. The first kappa shape index (κ1) is 19.2. The average Bonchev–Trinajstić information content (AvgIpc) is 3.24. The molecule has 2 aromatic rings. The first-order chi connectivity index (χ1) is 13.6. The fourth-order valence-electron chi connectivity index (χ4n) is 4.76. The second-order valence-electron chi connectivity index (χ2n) is 8.29. The van der Waals surface area contributed by atoms with Gasteiger partial charge in [-0.3, -0.25) is 9.48 Å². The van der Waals surface area contributed by atoms with E-state index >= 15 is 0 Å². The van der Waals surface area contributed by atoms with Crippen LogP contribution in [0.15, 0.2) is 48.8 Å². The number of carbonyl (C=O) groups is 1. The molecule has 1 spiro atoms. The van der Waals surface area contributed by atoms with Gasteiger partial charge in [-0.15, -0.1) is 0 Å². The van der Waals surface area contributed by atoms with Crippen LogP contribution in [-0.2, 0) is 17.8 Å². The number of aliphatic hydroxyl groups is 1. The minimum atomic E-state index is -0.333. The van der Waals surface area contributed by atoms with Gasteiger partial charge in [0.15, 0.2) is 0 Å². The highest BCUT2D eigenvalue weighted by Crippen LogP contribution is 2.39. The summed E-state index contributed by atoms with van der Waals surface area (Å²) in [5.41, 5.74) is 0.852. The number of hydrogen-bond donors (Lipinski definition) is 1. The van der Waals surface area contributed by atoms with Crippen molar-refractivity contribution >= 4 is 5.91 Å². The molecule has 3 heterocycles. The summed E-state index contributed by atoms with van der Waals surface area (Å²) in [6.07, 6.45) is 6.63. The van der Waals surface area contributed by atoms with E-state index in [1.807, 2.05) is 52.2 Å². The summed E-state index contributed by atoms with van der Waals surface area (Å²) in [4.78, 5) is 17.3. The maximum atomic E-state index is 12.9. The molecule has 1 amide bonds. The highest BCUT2D eigenvalue weighted by atomic mass is 16.3. The van der Waals surface area contributed by atoms with Crippen LogP contribution in [0.3, 0.4) is 0 Å². The fraction of sp³-hybridized carbons (Fsp3) is 0.545. The van der Waals surface area contributed by atoms with Crippen LogP contribution in [-0.4, -0.2) is 69.4 Å². The van der Waals surface area contributed by atoms with Gasteiger partial charge in [-0.1, -0.05) is 30.3 Å². The minimum Gasteiger partial charge on any atom is -0.392 e. The molecule has 0 bridgehead atoms. The van der Waals surface area contributed by atoms with E-state index in [0.29, 0.717) is 13.0 Å². The van der Waals surface area contributed by atoms with E-state index in [9.17, 15) is 9.90 Å². The van der Waals surface area contributed by atoms with Gasteiger partial charge in [0.2, 0.25) is 5.91 Å². The molecule has 150 valence electrons. The van der Waals surface area contributed by atoms with E-state index < -0.39 is 0 Å². The molecule has 1 aromatic carbocycles. The third kappa shape index (κ3) is 4.28. The summed E-state index contributed by atoms with van der Waals surface area (Å²) in [6, 6.07) is 11.9. The normalized spacial score (nSPS) is 25.9. The molecule has 2 aliphatic heterocycles. The number of rotatable bonds is 5. The standard InChI is InChI=1S/C22H30N4O2/c27-20-8-13-24(14-15-26-12-5-10-23-26)17-22(20)9-4-11-25(18-22)21(28)16-19-6-2-1-3-7-19/h1-3,5-7,10,12,20,27H,4,8-9,11,13-18H2/t20?,22-/m1/s1. The molecule has 0 aliphatic carbocycles. The van der Waals surface area contributed by atoms with E-state index in [2.05, 4.69) is 10.00 Å². The van der Waals surface area contributed by atoms with Crippen LogP contribution in [0.4, 0.5) is 0 Å². The van der Waals surface area contributed by atoms with Gasteiger partial charge in [0.05, 0.1) is 19.1 Å². The Kier molecular flexibility index (Phi) is 5.78. The van der Waals surface area contributed by atoms with Crippen molar-refractivity contribution in [3.05, 3.63) is 54.4 Å². The molecule has 2 fully saturated rings. The maximum absolute atomic E-state index is 12.9. The van der Waals surface area contributed by atoms with Crippen molar-refractivity contribution in [2.45, 2.75) is 38.3 Å². The lowest BCUT2D eigenvalue weighted by Gasteiger charge is -2.51. The Hall–Kier alpha value is -2.18. The van der Waals surface area contributed by atoms with Crippen LogP contribution in [0, 0.1) is 5.41 Å². The third-order valence-corrected chi connectivity index (χ3v) is 6.33. The lowest BCUT2D eigenvalue weighted by atomic mass is 9.71. The third-order valence-electron chi connectivity index (χ3n) is 6.33. The van der Waals surface area contributed by atoms with Gasteiger partial charge in [-0.05, 0) is 30.9 Å². The van der Waals surface area contributed by atoms with E-state index in [4.69, 9.17) is 0 Å². The zero-order valence-electron chi connectivity index (χ0n) is 16.4. The highest BCUT2D eigenvalue weighted by molar-refractivity contribution is 5.79. The molecule has 4 rings (SSSR count). The molecule has 6 nitrogen and oxygen atoms in total. The molecule has 28 heavy (non-hydrogen) atoms. The lowest BCUT2D eigenvalue weighted by Crippen LogP contribution is -2.60. The smallest absolute Gasteiger partial charge is 0.227 e. The van der Waals surface area contributed by atoms with Crippen molar-refractivity contribution < 1.29 is 9.90 Å². The van der Waals surface area contributed by atoms with Crippen LogP contribution in [0.2, 0.25) is 0 Å². The van der Waals surface area contributed by atoms with Crippen molar-refractivity contribution in [2.75, 3.05) is 32.7 Å². The van der Waals surface area contributed by atoms with Crippen LogP contribution in [0.25, 0.3) is 0 Å². The van der Waals surface area contributed by atoms with Crippen molar-refractivity contribution in [1.29, 1.82) is 0 Å². The van der Waals surface area contributed by atoms with Gasteiger partial charge >= 0.3 is 0 Å². The summed E-state index contributed by atoms with van der Waals surface area (Å²) < 4.78 is 1.95. The Balaban J connectivity index is 1.39. The van der Waals surface area contributed by atoms with Crippen LogP contribution in [0.5, 0.6) is 0 Å². The number of piperidine rings is 2. The summed E-state index contributed by atoms with van der Waals surface area (Å²) in [5.74, 6) is 0.172. The lowest BCUT2D eigenvalue weighted by molar-refractivity contribution is -0.140. The van der Waals surface area contributed by atoms with Crippen molar-refractivity contribution in [3.8, 4) is 0 Å². The van der Waals surface area contributed by atoms with E-state index in [1.165, 1.54) is 0 Å². The number of likely N-dealkylation sites (tertiary alicyclic amines) is 2. The molecular weight excluding hydrogens is 352 g/mol. The van der Waals surface area contributed by atoms with E-state index in [-0.39, 0.29) is 17.4 Å². The quantitative estimate of drug-likeness (QED) is 0.857. The first-order valence-corrected chi connectivity index (χ1v) is 10.3. The minimum absolute atomic E-state index is 0.172. The Morgan fingerprint density at radius 3 is 2.79 bits per heavy atom. The van der Waals surface area contributed by atoms with Crippen LogP contribution in [0.1, 0.15) is 24.8 Å². The molecule has 1 N–H and O–H groups in total. The molecule has 2 atom stereocenters. The Morgan fingerprint density at radius 2 is 2.00 bits per heavy atom. The second kappa shape index (κ2) is 8.45. The number of nitrogens with zero attached hydrogens (tertiary/aromatic N) is 4. The zero-order valence-corrected chi connectivity index (χ0v) is 16.4. The maximum Gasteiger partial charge on any atom is 0.227 e. The fourth-order valence-corrected chi connectivity index (χ4v) is 4.76. The number of amides is 1. The number of aliphatic hydroxyl groups excluding tert-OH is 1. The zero-order chi connectivity index (χ0) is 19.4. The Labute approximate surface area is 166 Å². The SMILES string of the molecule is O=C(Cc1ccccc1)N1CCC[C@@]2(CN(CCn3cccn3)CCC2O)C1. The average molecular weight is 383 g/mol. The molecule has 0 radical (unpaired) electrons. The van der Waals surface area contributed by atoms with Crippen LogP contribution >= 0.6 is 0 Å². The predicted molar refractivity (Wildman–Crippen MR) is 108 cm³/mol. The summed E-state index contributed by atoms with van der Waals surface area (Å²) in [5, 5.41) is 15.1. The number of carbonyl (C=O) groups excluding carboxylic acids is 1. The molecule has 2 saturated heterocycles. The number of benzene rings is 1. The number of aromatic nitrogens is 2. The molecule has 1 unspecified atom stereocenters. The van der Waals surface area contributed by atoms with Gasteiger partial charge < -0.3 is 14.9 Å². The Morgan fingerprint density at radius 1 is 1.14 bits per heavy atom. The second-order valence-corrected chi connectivity index (χ2v) is 8.29. The largest absolute Gasteiger partial charge is 0.392 e. The Bertz CT molecular complexity index is 764. The monoisotopic (exact) mass is 382 g/mol. The molecule has 2 aliphatic rings. The first-order valence-electron chi connectivity index (χ1n) is 10.3. The highest BCUT2D eigenvalue weighted by Gasteiger charge is 2.46. The van der Waals surface area contributed by atoms with Crippen molar-refractivity contribution in [2.24, 2.45) is 5.41 Å². The van der Waals surface area contributed by atoms with E-state index in [1.54, 1.807) is 6.20 Å². The van der Waals surface area contributed by atoms with Gasteiger partial charge in [0, 0.05) is 50.5 Å². The van der Waals surface area contributed by atoms with Crippen molar-refractivity contribution in [3.63, 3.8) is 0 Å². The van der Waals surface area contributed by atoms with Gasteiger partial charge in [-0.2, -0.15) is 5.10 Å². The van der Waals surface area contributed by atoms with Gasteiger partial charge in [-0.25, -0.2) is 0 Å². The van der Waals surface area contributed by atoms with Crippen molar-refractivity contribution in [1.82, 2.24) is 19.6 Å². The topological polar surface area (TPSA) is 61.6 Å².